The maximum Gasteiger partial charge on any atom is 0.266 e. The van der Waals surface area contributed by atoms with Crippen LogP contribution in [0.25, 0.3) is 22.2 Å². The number of amides is 1. The lowest BCUT2D eigenvalue weighted by Crippen LogP contribution is -2.40. The highest BCUT2D eigenvalue weighted by molar-refractivity contribution is 6.06. The molecule has 156 valence electrons. The average Bonchev–Trinajstić information content (AvgIpc) is 3.25. The smallest absolute Gasteiger partial charge is 0.266 e. The van der Waals surface area contributed by atoms with Crippen molar-refractivity contribution in [2.24, 2.45) is 5.92 Å². The summed E-state index contributed by atoms with van der Waals surface area (Å²) in [5.41, 5.74) is 3.28. The van der Waals surface area contributed by atoms with E-state index in [0.717, 1.165) is 40.6 Å². The number of hydrogen-bond acceptors (Lipinski definition) is 4. The molecular formula is C24H23N5O2. The van der Waals surface area contributed by atoms with E-state index in [9.17, 15) is 9.59 Å². The van der Waals surface area contributed by atoms with Gasteiger partial charge in [0.25, 0.3) is 11.5 Å². The van der Waals surface area contributed by atoms with Crippen molar-refractivity contribution < 1.29 is 4.79 Å². The van der Waals surface area contributed by atoms with E-state index in [1.54, 1.807) is 35.4 Å². The topological polar surface area (TPSA) is 83.9 Å². The number of aromatic nitrogens is 4. The molecule has 0 unspecified atom stereocenters. The molecule has 1 aliphatic heterocycles. The second-order valence-electron chi connectivity index (χ2n) is 7.96. The van der Waals surface area contributed by atoms with E-state index in [1.807, 2.05) is 41.3 Å². The van der Waals surface area contributed by atoms with Gasteiger partial charge < -0.3 is 9.88 Å². The van der Waals surface area contributed by atoms with Gasteiger partial charge in [-0.2, -0.15) is 5.10 Å². The summed E-state index contributed by atoms with van der Waals surface area (Å²) in [5.74, 6) is 0.371. The molecule has 0 bridgehead atoms. The van der Waals surface area contributed by atoms with Gasteiger partial charge in [-0.05, 0) is 43.0 Å². The summed E-state index contributed by atoms with van der Waals surface area (Å²) in [6.45, 7) is 1.93. The van der Waals surface area contributed by atoms with Crippen LogP contribution in [0.4, 0.5) is 0 Å². The van der Waals surface area contributed by atoms with Crippen LogP contribution in [0.1, 0.15) is 23.2 Å². The lowest BCUT2D eigenvalue weighted by molar-refractivity contribution is 0.0682. The first-order valence-corrected chi connectivity index (χ1v) is 10.5. The Morgan fingerprint density at radius 2 is 1.81 bits per heavy atom. The van der Waals surface area contributed by atoms with Crippen molar-refractivity contribution in [2.75, 3.05) is 13.1 Å². The number of piperidine rings is 1. The lowest BCUT2D eigenvalue weighted by atomic mass is 9.96. The number of nitrogens with one attached hydrogen (secondary N) is 1. The maximum absolute atomic E-state index is 13.0. The molecule has 1 N–H and O–H groups in total. The van der Waals surface area contributed by atoms with Gasteiger partial charge in [-0.1, -0.05) is 18.2 Å². The van der Waals surface area contributed by atoms with Gasteiger partial charge in [-0.15, -0.1) is 0 Å². The molecular weight excluding hydrogens is 390 g/mol. The van der Waals surface area contributed by atoms with Crippen molar-refractivity contribution in [2.45, 2.75) is 19.4 Å². The van der Waals surface area contributed by atoms with Crippen LogP contribution in [0, 0.1) is 5.92 Å². The molecule has 7 heteroatoms. The number of fused-ring (bicyclic) bond motifs is 1. The van der Waals surface area contributed by atoms with E-state index in [0.29, 0.717) is 25.6 Å². The molecule has 31 heavy (non-hydrogen) atoms. The summed E-state index contributed by atoms with van der Waals surface area (Å²) in [5, 5.41) is 5.51. The monoisotopic (exact) mass is 413 g/mol. The van der Waals surface area contributed by atoms with Crippen molar-refractivity contribution in [3.05, 3.63) is 83.0 Å². The third-order valence-corrected chi connectivity index (χ3v) is 6.00. The molecule has 4 aromatic rings. The third-order valence-electron chi connectivity index (χ3n) is 6.00. The van der Waals surface area contributed by atoms with Crippen molar-refractivity contribution in [1.82, 2.24) is 24.6 Å². The highest BCUT2D eigenvalue weighted by atomic mass is 16.2. The van der Waals surface area contributed by atoms with Crippen LogP contribution in [-0.2, 0) is 6.54 Å². The normalized spacial score (nSPS) is 14.8. The molecule has 0 radical (unpaired) electrons. The summed E-state index contributed by atoms with van der Waals surface area (Å²) >= 11 is 0. The predicted molar refractivity (Wildman–Crippen MR) is 119 cm³/mol. The third kappa shape index (κ3) is 3.86. The van der Waals surface area contributed by atoms with Gasteiger partial charge in [0, 0.05) is 60.8 Å². The van der Waals surface area contributed by atoms with Crippen molar-refractivity contribution in [3.63, 3.8) is 0 Å². The standard InChI is InChI=1S/C24H23N5O2/c30-23-6-5-21(18-7-11-25-12-8-18)27-29(23)16-17-9-13-28(14-10-17)24(31)20-15-26-22-4-2-1-3-19(20)22/h1-8,11-12,15,17,26H,9-10,13-14,16H2. The first-order chi connectivity index (χ1) is 15.2. The molecule has 7 nitrogen and oxygen atoms in total. The molecule has 3 aromatic heterocycles. The van der Waals surface area contributed by atoms with Gasteiger partial charge in [0.2, 0.25) is 0 Å². The van der Waals surface area contributed by atoms with Crippen LogP contribution in [0.5, 0.6) is 0 Å². The number of carbonyl (C=O) groups is 1. The summed E-state index contributed by atoms with van der Waals surface area (Å²) in [7, 11) is 0. The average molecular weight is 413 g/mol. The predicted octanol–water partition coefficient (Wildman–Crippen LogP) is 3.34. The lowest BCUT2D eigenvalue weighted by Gasteiger charge is -2.32. The number of pyridine rings is 1. The van der Waals surface area contributed by atoms with Crippen molar-refractivity contribution >= 4 is 16.8 Å². The van der Waals surface area contributed by atoms with E-state index in [4.69, 9.17) is 0 Å². The van der Waals surface area contributed by atoms with E-state index in [2.05, 4.69) is 15.1 Å². The van der Waals surface area contributed by atoms with Gasteiger partial charge in [-0.3, -0.25) is 14.6 Å². The molecule has 1 fully saturated rings. The fraction of sp³-hybridized carbons (Fsp3) is 0.250. The Labute approximate surface area is 179 Å². The Balaban J connectivity index is 1.26. The summed E-state index contributed by atoms with van der Waals surface area (Å²) < 4.78 is 1.55. The van der Waals surface area contributed by atoms with E-state index >= 15 is 0 Å². The largest absolute Gasteiger partial charge is 0.360 e. The molecule has 1 saturated heterocycles. The Hall–Kier alpha value is -3.74. The number of carbonyl (C=O) groups excluding carboxylic acids is 1. The minimum atomic E-state index is -0.102. The molecule has 1 aliphatic rings. The van der Waals surface area contributed by atoms with Gasteiger partial charge in [0.05, 0.1) is 11.3 Å². The number of aromatic amines is 1. The number of benzene rings is 1. The quantitative estimate of drug-likeness (QED) is 0.556. The van der Waals surface area contributed by atoms with E-state index < -0.39 is 0 Å². The molecule has 0 saturated carbocycles. The molecule has 0 atom stereocenters. The second kappa shape index (κ2) is 8.18. The fourth-order valence-electron chi connectivity index (χ4n) is 4.24. The van der Waals surface area contributed by atoms with Crippen LogP contribution in [0.3, 0.4) is 0 Å². The van der Waals surface area contributed by atoms with E-state index in [-0.39, 0.29) is 11.5 Å². The maximum atomic E-state index is 13.0. The van der Waals surface area contributed by atoms with E-state index in [1.165, 1.54) is 0 Å². The Morgan fingerprint density at radius 1 is 1.03 bits per heavy atom. The number of nitrogens with zero attached hydrogens (tertiary/aromatic N) is 4. The molecule has 1 aromatic carbocycles. The number of H-pyrrole nitrogens is 1. The van der Waals surface area contributed by atoms with Gasteiger partial charge in [0.15, 0.2) is 0 Å². The summed E-state index contributed by atoms with van der Waals surface area (Å²) in [6, 6.07) is 14.9. The number of hydrogen-bond donors (Lipinski definition) is 1. The van der Waals surface area contributed by atoms with Crippen molar-refractivity contribution in [3.8, 4) is 11.3 Å². The molecule has 0 aliphatic carbocycles. The highest BCUT2D eigenvalue weighted by Gasteiger charge is 2.25. The molecule has 0 spiro atoms. The minimum Gasteiger partial charge on any atom is -0.360 e. The van der Waals surface area contributed by atoms with Gasteiger partial charge in [0.1, 0.15) is 0 Å². The summed E-state index contributed by atoms with van der Waals surface area (Å²) in [4.78, 5) is 34.5. The summed E-state index contributed by atoms with van der Waals surface area (Å²) in [6.07, 6.45) is 6.93. The van der Waals surface area contributed by atoms with Crippen LogP contribution < -0.4 is 5.56 Å². The number of rotatable bonds is 4. The Bertz CT molecular complexity index is 1270. The Kier molecular flexibility index (Phi) is 5.08. The van der Waals surface area contributed by atoms with Crippen LogP contribution in [-0.4, -0.2) is 43.6 Å². The van der Waals surface area contributed by atoms with Crippen LogP contribution >= 0.6 is 0 Å². The van der Waals surface area contributed by atoms with Gasteiger partial charge >= 0.3 is 0 Å². The van der Waals surface area contributed by atoms with Crippen LogP contribution in [0.2, 0.25) is 0 Å². The highest BCUT2D eigenvalue weighted by Crippen LogP contribution is 2.24. The zero-order chi connectivity index (χ0) is 21.2. The molecule has 1 amide bonds. The zero-order valence-corrected chi connectivity index (χ0v) is 17.1. The van der Waals surface area contributed by atoms with Crippen molar-refractivity contribution in [1.29, 1.82) is 0 Å². The molecule has 4 heterocycles. The fourth-order valence-corrected chi connectivity index (χ4v) is 4.24. The Morgan fingerprint density at radius 3 is 2.61 bits per heavy atom. The minimum absolute atomic E-state index is 0.0610. The first kappa shape index (κ1) is 19.2. The van der Waals surface area contributed by atoms with Crippen LogP contribution in [0.15, 0.2) is 71.9 Å². The SMILES string of the molecule is O=C(c1c[nH]c2ccccc12)N1CCC(Cn2nc(-c3ccncc3)ccc2=O)CC1. The molecule has 5 rings (SSSR count). The number of likely N-dealkylation sites (tertiary alicyclic amines) is 1. The van der Waals surface area contributed by atoms with Gasteiger partial charge in [-0.25, -0.2) is 4.68 Å². The number of para-hydroxylation sites is 1. The second-order valence-corrected chi connectivity index (χ2v) is 7.96. The first-order valence-electron chi connectivity index (χ1n) is 10.5. The zero-order valence-electron chi connectivity index (χ0n) is 17.1.